The molecule has 0 aliphatic carbocycles. The van der Waals surface area contributed by atoms with E-state index in [1.165, 1.54) is 0 Å². The van der Waals surface area contributed by atoms with Crippen molar-refractivity contribution in [2.45, 2.75) is 6.92 Å². The fraction of sp³-hybridized carbons (Fsp3) is 0.133. The van der Waals surface area contributed by atoms with Crippen LogP contribution >= 0.6 is 11.6 Å². The molecule has 0 unspecified atom stereocenters. The van der Waals surface area contributed by atoms with Crippen LogP contribution in [0.2, 0.25) is 5.02 Å². The molecule has 0 atom stereocenters. The highest BCUT2D eigenvalue weighted by molar-refractivity contribution is 6.34. The Morgan fingerprint density at radius 1 is 1.16 bits per heavy atom. The fourth-order valence-electron chi connectivity index (χ4n) is 1.93. The number of halogens is 1. The Balaban J connectivity index is 2.52. The average molecular weight is 276 g/mol. The summed E-state index contributed by atoms with van der Waals surface area (Å²) in [5.41, 5.74) is 2.73. The van der Waals surface area contributed by atoms with Crippen molar-refractivity contribution >= 4 is 28.9 Å². The molecule has 3 nitrogen and oxygen atoms in total. The molecule has 0 fully saturated rings. The van der Waals surface area contributed by atoms with Crippen LogP contribution in [0.1, 0.15) is 15.9 Å². The van der Waals surface area contributed by atoms with Gasteiger partial charge in [0.15, 0.2) is 0 Å². The molecule has 0 aromatic heterocycles. The Labute approximate surface area is 117 Å². The van der Waals surface area contributed by atoms with Gasteiger partial charge in [0.25, 0.3) is 0 Å². The number of carboxylic acid groups (broad SMARTS) is 1. The van der Waals surface area contributed by atoms with Crippen LogP contribution in [0.3, 0.4) is 0 Å². The zero-order chi connectivity index (χ0) is 14.0. The van der Waals surface area contributed by atoms with Crippen LogP contribution in [-0.4, -0.2) is 18.1 Å². The number of anilines is 2. The summed E-state index contributed by atoms with van der Waals surface area (Å²) in [7, 11) is 1.80. The molecule has 0 amide bonds. The van der Waals surface area contributed by atoms with E-state index in [0.29, 0.717) is 10.7 Å². The lowest BCUT2D eigenvalue weighted by atomic mass is 10.1. The number of nitrogens with zero attached hydrogens (tertiary/aromatic N) is 1. The monoisotopic (exact) mass is 275 g/mol. The summed E-state index contributed by atoms with van der Waals surface area (Å²) in [5.74, 6) is -0.989. The van der Waals surface area contributed by atoms with Crippen molar-refractivity contribution in [3.8, 4) is 0 Å². The Morgan fingerprint density at radius 2 is 1.79 bits per heavy atom. The third-order valence-electron chi connectivity index (χ3n) is 2.97. The molecule has 0 saturated carbocycles. The first-order chi connectivity index (χ1) is 9.00. The molecule has 0 spiro atoms. The minimum absolute atomic E-state index is 0.190. The SMILES string of the molecule is Cc1ccc(N(C)c2c(Cl)cccc2C(=O)O)cc1. The summed E-state index contributed by atoms with van der Waals surface area (Å²) in [6, 6.07) is 12.7. The van der Waals surface area contributed by atoms with Gasteiger partial charge >= 0.3 is 5.97 Å². The van der Waals surface area contributed by atoms with Crippen LogP contribution in [-0.2, 0) is 0 Å². The van der Waals surface area contributed by atoms with Gasteiger partial charge in [0.05, 0.1) is 16.3 Å². The number of rotatable bonds is 3. The van der Waals surface area contributed by atoms with E-state index >= 15 is 0 Å². The summed E-state index contributed by atoms with van der Waals surface area (Å²) in [6.45, 7) is 2.00. The van der Waals surface area contributed by atoms with E-state index in [4.69, 9.17) is 11.6 Å². The Hall–Kier alpha value is -2.00. The quantitative estimate of drug-likeness (QED) is 0.916. The van der Waals surface area contributed by atoms with Gasteiger partial charge < -0.3 is 10.0 Å². The van der Waals surface area contributed by atoms with Crippen molar-refractivity contribution in [2.75, 3.05) is 11.9 Å². The molecule has 0 heterocycles. The molecule has 0 aliphatic rings. The highest BCUT2D eigenvalue weighted by Crippen LogP contribution is 2.34. The Morgan fingerprint density at radius 3 is 2.37 bits per heavy atom. The van der Waals surface area contributed by atoms with E-state index in [1.54, 1.807) is 30.1 Å². The maximum Gasteiger partial charge on any atom is 0.337 e. The second kappa shape index (κ2) is 5.33. The van der Waals surface area contributed by atoms with E-state index in [-0.39, 0.29) is 5.56 Å². The maximum atomic E-state index is 11.3. The normalized spacial score (nSPS) is 10.3. The first-order valence-electron chi connectivity index (χ1n) is 5.83. The summed E-state index contributed by atoms with van der Waals surface area (Å²) < 4.78 is 0. The molecule has 4 heteroatoms. The average Bonchev–Trinajstić information content (AvgIpc) is 2.38. The van der Waals surface area contributed by atoms with Crippen LogP contribution < -0.4 is 4.90 Å². The molecule has 0 aliphatic heterocycles. The lowest BCUT2D eigenvalue weighted by Crippen LogP contribution is -2.14. The van der Waals surface area contributed by atoms with E-state index in [9.17, 15) is 9.90 Å². The molecule has 98 valence electrons. The predicted octanol–water partition coefficient (Wildman–Crippen LogP) is 4.11. The summed E-state index contributed by atoms with van der Waals surface area (Å²) >= 11 is 6.14. The zero-order valence-corrected chi connectivity index (χ0v) is 11.5. The van der Waals surface area contributed by atoms with Crippen molar-refractivity contribution in [1.82, 2.24) is 0 Å². The van der Waals surface area contributed by atoms with Crippen LogP contribution in [0.25, 0.3) is 0 Å². The highest BCUT2D eigenvalue weighted by atomic mass is 35.5. The number of hydrogen-bond acceptors (Lipinski definition) is 2. The minimum Gasteiger partial charge on any atom is -0.478 e. The van der Waals surface area contributed by atoms with Gasteiger partial charge in [0.1, 0.15) is 0 Å². The van der Waals surface area contributed by atoms with Gasteiger partial charge in [-0.1, -0.05) is 35.4 Å². The second-order valence-electron chi connectivity index (χ2n) is 4.34. The van der Waals surface area contributed by atoms with E-state index in [2.05, 4.69) is 0 Å². The lowest BCUT2D eigenvalue weighted by molar-refractivity contribution is 0.0697. The third-order valence-corrected chi connectivity index (χ3v) is 3.28. The number of benzene rings is 2. The number of carbonyl (C=O) groups is 1. The molecule has 2 aromatic carbocycles. The molecule has 0 bridgehead atoms. The van der Waals surface area contributed by atoms with Crippen molar-refractivity contribution in [1.29, 1.82) is 0 Å². The standard InChI is InChI=1S/C15H14ClNO2/c1-10-6-8-11(9-7-10)17(2)14-12(15(18)19)4-3-5-13(14)16/h3-9H,1-2H3,(H,18,19). The van der Waals surface area contributed by atoms with Gasteiger partial charge in [-0.2, -0.15) is 0 Å². The van der Waals surface area contributed by atoms with Crippen molar-refractivity contribution < 1.29 is 9.90 Å². The molecule has 0 saturated heterocycles. The molecule has 2 rings (SSSR count). The van der Waals surface area contributed by atoms with Crippen LogP contribution in [0, 0.1) is 6.92 Å². The Bertz CT molecular complexity index is 608. The summed E-state index contributed by atoms with van der Waals surface area (Å²) in [5, 5.41) is 9.66. The molecule has 1 N–H and O–H groups in total. The topological polar surface area (TPSA) is 40.5 Å². The minimum atomic E-state index is -0.989. The van der Waals surface area contributed by atoms with Crippen molar-refractivity contribution in [3.05, 3.63) is 58.6 Å². The van der Waals surface area contributed by atoms with Crippen molar-refractivity contribution in [3.63, 3.8) is 0 Å². The zero-order valence-electron chi connectivity index (χ0n) is 10.7. The number of para-hydroxylation sites is 1. The van der Waals surface area contributed by atoms with Crippen LogP contribution in [0.4, 0.5) is 11.4 Å². The third kappa shape index (κ3) is 2.71. The number of aromatic carboxylic acids is 1. The van der Waals surface area contributed by atoms with Crippen LogP contribution in [0.5, 0.6) is 0 Å². The van der Waals surface area contributed by atoms with E-state index < -0.39 is 5.97 Å². The maximum absolute atomic E-state index is 11.3. The molecule has 2 aromatic rings. The smallest absolute Gasteiger partial charge is 0.337 e. The predicted molar refractivity (Wildman–Crippen MR) is 77.7 cm³/mol. The summed E-state index contributed by atoms with van der Waals surface area (Å²) in [4.78, 5) is 13.1. The van der Waals surface area contributed by atoms with Gasteiger partial charge in [0.2, 0.25) is 0 Å². The fourth-order valence-corrected chi connectivity index (χ4v) is 2.23. The van der Waals surface area contributed by atoms with Gasteiger partial charge in [-0.25, -0.2) is 4.79 Å². The number of carboxylic acids is 1. The largest absolute Gasteiger partial charge is 0.478 e. The molecule has 19 heavy (non-hydrogen) atoms. The van der Waals surface area contributed by atoms with Crippen molar-refractivity contribution in [2.24, 2.45) is 0 Å². The van der Waals surface area contributed by atoms with Gasteiger partial charge in [-0.15, -0.1) is 0 Å². The lowest BCUT2D eigenvalue weighted by Gasteiger charge is -2.22. The Kier molecular flexibility index (Phi) is 3.76. The molecular weight excluding hydrogens is 262 g/mol. The van der Waals surface area contributed by atoms with E-state index in [1.807, 2.05) is 31.2 Å². The highest BCUT2D eigenvalue weighted by Gasteiger charge is 2.17. The molecule has 0 radical (unpaired) electrons. The first kappa shape index (κ1) is 13.4. The first-order valence-corrected chi connectivity index (χ1v) is 6.20. The number of aryl methyl sites for hydroxylation is 1. The van der Waals surface area contributed by atoms with Gasteiger partial charge in [0, 0.05) is 12.7 Å². The van der Waals surface area contributed by atoms with Crippen LogP contribution in [0.15, 0.2) is 42.5 Å². The molecular formula is C15H14ClNO2. The number of hydrogen-bond donors (Lipinski definition) is 1. The summed E-state index contributed by atoms with van der Waals surface area (Å²) in [6.07, 6.45) is 0. The van der Waals surface area contributed by atoms with E-state index in [0.717, 1.165) is 11.3 Å². The second-order valence-corrected chi connectivity index (χ2v) is 4.74. The van der Waals surface area contributed by atoms with Gasteiger partial charge in [-0.3, -0.25) is 0 Å². The van der Waals surface area contributed by atoms with Gasteiger partial charge in [-0.05, 0) is 31.2 Å².